The van der Waals surface area contributed by atoms with Gasteiger partial charge in [0.2, 0.25) is 23.6 Å². The van der Waals surface area contributed by atoms with Gasteiger partial charge >= 0.3 is 6.01 Å². The number of likely N-dealkylation sites (tertiary alicyclic amines) is 2. The average molecular weight is 1340 g/mol. The molecule has 5 N–H and O–H groups in total. The fourth-order valence-electron chi connectivity index (χ4n) is 14.8. The summed E-state index contributed by atoms with van der Waals surface area (Å²) in [5, 5.41) is 32.2. The van der Waals surface area contributed by atoms with Crippen LogP contribution in [0.4, 0.5) is 19.0 Å². The number of hydrogen-bond donors (Lipinski definition) is 5. The van der Waals surface area contributed by atoms with Gasteiger partial charge in [-0.25, -0.2) is 18.2 Å². The number of aliphatic hydroxyl groups excluding tert-OH is 1. The number of carbonyl (C=O) groups is 5. The maximum absolute atomic E-state index is 17.2. The molecule has 0 spiro atoms. The molecule has 24 heteroatoms. The van der Waals surface area contributed by atoms with Crippen molar-refractivity contribution in [1.29, 1.82) is 0 Å². The summed E-state index contributed by atoms with van der Waals surface area (Å²) in [6, 6.07) is 3.11. The van der Waals surface area contributed by atoms with Crippen molar-refractivity contribution in [2.24, 2.45) is 10.8 Å². The van der Waals surface area contributed by atoms with Crippen LogP contribution >= 0.6 is 11.3 Å². The van der Waals surface area contributed by atoms with E-state index in [1.807, 2.05) is 30.9 Å². The fraction of sp³-hybridized carbons (Fsp3) is 0.569. The molecule has 20 nitrogen and oxygen atoms in total. The van der Waals surface area contributed by atoms with E-state index in [-0.39, 0.29) is 102 Å². The van der Waals surface area contributed by atoms with Crippen molar-refractivity contribution in [2.75, 3.05) is 70.3 Å². The number of phenolic OH excluding ortho intramolecular Hbond substituents is 1. The molecule has 96 heavy (non-hydrogen) atoms. The Balaban J connectivity index is 0.592. The van der Waals surface area contributed by atoms with E-state index in [2.05, 4.69) is 52.7 Å². The second-order valence-electron chi connectivity index (χ2n) is 28.9. The minimum atomic E-state index is -2.02. The number of terminal acetylenes is 1. The number of rotatable bonds is 23. The van der Waals surface area contributed by atoms with E-state index in [1.165, 1.54) is 40.5 Å². The van der Waals surface area contributed by atoms with Crippen LogP contribution in [0.15, 0.2) is 54.2 Å². The Kier molecular flexibility index (Phi) is 20.2. The van der Waals surface area contributed by atoms with Gasteiger partial charge in [-0.3, -0.25) is 33.9 Å². The molecule has 3 aromatic heterocycles. The number of hydrogen-bond acceptors (Lipinski definition) is 16. The molecule has 2 aromatic carbocycles. The van der Waals surface area contributed by atoms with Crippen molar-refractivity contribution in [3.05, 3.63) is 82.0 Å². The largest absolute Gasteiger partial charge is 0.508 e. The zero-order valence-corrected chi connectivity index (χ0v) is 56.4. The molecule has 2 aliphatic carbocycles. The Labute approximate surface area is 562 Å². The first kappa shape index (κ1) is 68.2. The van der Waals surface area contributed by atoms with Crippen LogP contribution < -0.4 is 25.6 Å². The van der Waals surface area contributed by atoms with Gasteiger partial charge in [0.25, 0.3) is 5.91 Å². The number of nitrogens with one attached hydrogen (secondary N) is 3. The predicted molar refractivity (Wildman–Crippen MR) is 361 cm³/mol. The van der Waals surface area contributed by atoms with Gasteiger partial charge in [0.1, 0.15) is 46.8 Å². The van der Waals surface area contributed by atoms with E-state index < -0.39 is 70.1 Å². The second-order valence-corrected chi connectivity index (χ2v) is 29.8. The van der Waals surface area contributed by atoms with Gasteiger partial charge < -0.3 is 50.5 Å². The van der Waals surface area contributed by atoms with Crippen LogP contribution in [0.1, 0.15) is 147 Å². The number of β-amino-alcohol motifs (C(OH)–C–C–N with tert-alkyl or cyclic N) is 1. The third-order valence-corrected chi connectivity index (χ3v) is 21.7. The number of aromatic nitrogens is 4. The Morgan fingerprint density at radius 2 is 1.60 bits per heavy atom. The van der Waals surface area contributed by atoms with Crippen LogP contribution in [0.5, 0.6) is 11.8 Å². The molecule has 8 atom stereocenters. The number of fused-ring (bicyclic) bond motifs is 4. The monoisotopic (exact) mass is 1340 g/mol. The molecule has 12 rings (SSSR count). The van der Waals surface area contributed by atoms with Crippen LogP contribution in [0.25, 0.3) is 38.5 Å². The molecule has 512 valence electrons. The number of aryl methyl sites for hydroxylation is 1. The van der Waals surface area contributed by atoms with Crippen LogP contribution in [-0.4, -0.2) is 193 Å². The number of phenols is 1. The zero-order chi connectivity index (χ0) is 67.8. The predicted octanol–water partition coefficient (Wildman–Crippen LogP) is 8.68. The number of aliphatic hydroxyl groups is 1. The molecule has 1 saturated carbocycles. The molecular formula is C72H89F3N12O8S. The van der Waals surface area contributed by atoms with Crippen molar-refractivity contribution in [3.63, 3.8) is 0 Å². The molecule has 5 aromatic rings. The first-order chi connectivity index (χ1) is 45.9. The fourth-order valence-corrected chi connectivity index (χ4v) is 15.6. The van der Waals surface area contributed by atoms with E-state index in [1.54, 1.807) is 37.4 Å². The normalized spacial score (nSPS) is 23.9. The average Bonchev–Trinajstić information content (AvgIpc) is 0.914. The molecule has 2 bridgehead atoms. The van der Waals surface area contributed by atoms with Gasteiger partial charge in [0.15, 0.2) is 11.5 Å². The van der Waals surface area contributed by atoms with Crippen LogP contribution in [0.2, 0.25) is 0 Å². The van der Waals surface area contributed by atoms with Crippen molar-refractivity contribution in [3.8, 4) is 35.4 Å². The minimum Gasteiger partial charge on any atom is -0.508 e. The lowest BCUT2D eigenvalue weighted by molar-refractivity contribution is -0.145. The molecule has 6 fully saturated rings. The third kappa shape index (κ3) is 14.9. The van der Waals surface area contributed by atoms with Gasteiger partial charge in [0.05, 0.1) is 33.1 Å². The van der Waals surface area contributed by atoms with Crippen molar-refractivity contribution >= 4 is 73.9 Å². The van der Waals surface area contributed by atoms with Crippen LogP contribution in [-0.2, 0) is 24.0 Å². The van der Waals surface area contributed by atoms with E-state index in [9.17, 15) is 38.6 Å². The number of piperazine rings is 2. The van der Waals surface area contributed by atoms with Crippen LogP contribution in [0.3, 0.4) is 0 Å². The SMILES string of the molecule is C#Cc1c(F)ccc2cc(O)cc(-c3ncc4c(N5CC6CCC(C5)N6)nc(OC5CCN(CCCCCCCCCC(=O)N6CCN(C(=O)C[C@H](NC(=O)[C@@H]7CC(O)CN7C(=O)[C@@H](NC(=O)C7(F)CC7)C(C)(C)C)C7(C)C=CC(c8scnc8C)=CC7)CC6)C5)nc4c3F)c12. The molecule has 5 amide bonds. The summed E-state index contributed by atoms with van der Waals surface area (Å²) in [7, 11) is 0. The third-order valence-electron chi connectivity index (χ3n) is 20.7. The lowest BCUT2D eigenvalue weighted by atomic mass is 9.74. The zero-order valence-electron chi connectivity index (χ0n) is 55.6. The van der Waals surface area contributed by atoms with E-state index >= 15 is 8.78 Å². The Morgan fingerprint density at radius 1 is 0.896 bits per heavy atom. The minimum absolute atomic E-state index is 0.0122. The summed E-state index contributed by atoms with van der Waals surface area (Å²) < 4.78 is 53.7. The molecule has 0 radical (unpaired) electrons. The lowest BCUT2D eigenvalue weighted by Gasteiger charge is -2.40. The smallest absolute Gasteiger partial charge is 0.319 e. The molecule has 5 unspecified atom stereocenters. The van der Waals surface area contributed by atoms with Gasteiger partial charge in [-0.05, 0) is 99.4 Å². The number of allylic oxidation sites excluding steroid dienone is 3. The summed E-state index contributed by atoms with van der Waals surface area (Å²) in [4.78, 5) is 98.7. The molecular weight excluding hydrogens is 1250 g/mol. The summed E-state index contributed by atoms with van der Waals surface area (Å²) in [5.41, 5.74) is 0.0478. The van der Waals surface area contributed by atoms with Crippen molar-refractivity contribution in [1.82, 2.24) is 55.5 Å². The summed E-state index contributed by atoms with van der Waals surface area (Å²) in [6.45, 7) is 14.3. The van der Waals surface area contributed by atoms with Gasteiger partial charge in [-0.2, -0.15) is 9.97 Å². The lowest BCUT2D eigenvalue weighted by Crippen LogP contribution is -2.60. The van der Waals surface area contributed by atoms with Gasteiger partial charge in [0, 0.05) is 119 Å². The van der Waals surface area contributed by atoms with E-state index in [0.29, 0.717) is 75.2 Å². The molecule has 8 heterocycles. The number of pyridine rings is 1. The number of alkyl halides is 1. The number of anilines is 1. The Morgan fingerprint density at radius 3 is 2.27 bits per heavy atom. The maximum atomic E-state index is 17.2. The topological polar surface area (TPSA) is 239 Å². The number of nitrogens with zero attached hydrogens (tertiary/aromatic N) is 9. The number of amides is 5. The van der Waals surface area contributed by atoms with Crippen LogP contribution in [0, 0.1) is 41.7 Å². The Hall–Kier alpha value is -7.72. The molecule has 7 aliphatic rings. The number of ether oxygens (including phenoxy) is 1. The van der Waals surface area contributed by atoms with Gasteiger partial charge in [-0.15, -0.1) is 17.8 Å². The van der Waals surface area contributed by atoms with E-state index in [0.717, 1.165) is 93.4 Å². The number of carbonyl (C=O) groups excluding carboxylic acids is 5. The van der Waals surface area contributed by atoms with Gasteiger partial charge in [-0.1, -0.05) is 90.0 Å². The van der Waals surface area contributed by atoms with Crippen molar-refractivity contribution < 1.29 is 52.1 Å². The highest BCUT2D eigenvalue weighted by Gasteiger charge is 2.54. The quantitative estimate of drug-likeness (QED) is 0.0304. The highest BCUT2D eigenvalue weighted by molar-refractivity contribution is 7.11. The summed E-state index contributed by atoms with van der Waals surface area (Å²) >= 11 is 1.53. The first-order valence-corrected chi connectivity index (χ1v) is 35.2. The maximum Gasteiger partial charge on any atom is 0.319 e. The number of thiazole rings is 1. The molecule has 5 aliphatic heterocycles. The Bertz CT molecular complexity index is 3880. The number of aromatic hydroxyl groups is 1. The van der Waals surface area contributed by atoms with Crippen molar-refractivity contribution in [2.45, 2.75) is 185 Å². The standard InChI is InChI=1S/C72H89F3N12O8S/c1-7-51-54(73)19-16-45-33-48(88)34-52(59(45)51)61-60(74)62-53(37-76-61)65(86-38-46-17-18-47(39-86)78-46)82-69(80-62)95-50-22-28-83(41-50)27-14-12-10-8-9-11-13-15-57(90)84-29-31-85(32-30-84)58(91)36-56(71(6)23-20-44(21-24-71)63-43(2)77-42-96-63)79-66(92)55-35-49(89)40-87(55)67(93)64(70(3,4)5)81-68(94)72(75)25-26-72/h1,16,19-21,23,33-34,37,42,46-47,49-50,55-56,64,78,88-89H,8-15,17-18,22,24-32,35-36,38-41H2,2-6H3,(H,79,92)(H,81,94)/t46?,47?,49?,50?,55-,56-,64+,71?/m0/s1. The highest BCUT2D eigenvalue weighted by atomic mass is 32.1. The number of benzene rings is 2. The number of unbranched alkanes of at least 4 members (excludes halogenated alkanes) is 6. The second kappa shape index (κ2) is 28.4. The molecule has 5 saturated heterocycles. The summed E-state index contributed by atoms with van der Waals surface area (Å²) in [6.07, 6.45) is 22.9. The first-order valence-electron chi connectivity index (χ1n) is 34.3. The highest BCUT2D eigenvalue weighted by Crippen LogP contribution is 2.43. The van der Waals surface area contributed by atoms with E-state index in [4.69, 9.17) is 16.1 Å². The number of halogens is 3. The summed E-state index contributed by atoms with van der Waals surface area (Å²) in [5.74, 6) is -0.716.